The molecular weight excluding hydrogens is 484 g/mol. The largest absolute Gasteiger partial charge is 0.467 e. The summed E-state index contributed by atoms with van der Waals surface area (Å²) in [5, 5.41) is 4.80. The maximum Gasteiger partial charge on any atom is 0.328 e. The number of aromatic nitrogens is 3. The fraction of sp³-hybridized carbons (Fsp3) is 0.280. The molecule has 0 aliphatic heterocycles. The lowest BCUT2D eigenvalue weighted by molar-refractivity contribution is -0.144. The van der Waals surface area contributed by atoms with Crippen LogP contribution in [0.15, 0.2) is 53.1 Å². The number of hydrogen-bond donors (Lipinski definition) is 2. The molecule has 0 aliphatic carbocycles. The number of hydrogen-bond acceptors (Lipinski definition) is 7. The second-order valence-corrected chi connectivity index (χ2v) is 10.2. The first-order valence-corrected chi connectivity index (χ1v) is 12.8. The van der Waals surface area contributed by atoms with Gasteiger partial charge in [-0.2, -0.15) is 0 Å². The van der Waals surface area contributed by atoms with Crippen molar-refractivity contribution in [1.82, 2.24) is 19.9 Å². The van der Waals surface area contributed by atoms with Crippen LogP contribution in [0.5, 0.6) is 0 Å². The third-order valence-electron chi connectivity index (χ3n) is 5.82. The Balaban J connectivity index is 1.52. The number of para-hydroxylation sites is 1. The summed E-state index contributed by atoms with van der Waals surface area (Å²) in [6.07, 6.45) is 3.74. The molecule has 0 unspecified atom stereocenters. The molecule has 8 nitrogen and oxygen atoms in total. The average molecular weight is 511 g/mol. The molecule has 1 aromatic carbocycles. The summed E-state index contributed by atoms with van der Waals surface area (Å²) in [6.45, 7) is 7.89. The summed E-state index contributed by atoms with van der Waals surface area (Å²) in [7, 11) is 1.30. The van der Waals surface area contributed by atoms with E-state index in [2.05, 4.69) is 21.9 Å². The van der Waals surface area contributed by atoms with Gasteiger partial charge in [-0.3, -0.25) is 14.2 Å². The summed E-state index contributed by atoms with van der Waals surface area (Å²) in [5.74, 6) is -0.899. The molecule has 2 N–H and O–H groups in total. The van der Waals surface area contributed by atoms with Gasteiger partial charge in [0.2, 0.25) is 5.91 Å². The zero-order chi connectivity index (χ0) is 25.1. The number of thioether (sulfide) groups is 1. The topological polar surface area (TPSA) is 106 Å². The fourth-order valence-electron chi connectivity index (χ4n) is 3.93. The SMILES string of the molecule is C=CCn1c(SCC(=O)N[C@@H](Cc2c[nH]c3ccccc23)C(=O)OC)nc2sc(C)c(C)c2c1=O. The van der Waals surface area contributed by atoms with Crippen LogP contribution in [0.2, 0.25) is 0 Å². The van der Waals surface area contributed by atoms with Crippen LogP contribution in [0.1, 0.15) is 16.0 Å². The van der Waals surface area contributed by atoms with Crippen LogP contribution >= 0.6 is 23.1 Å². The molecule has 1 amide bonds. The molecule has 0 fully saturated rings. The molecule has 0 aliphatic rings. The first kappa shape index (κ1) is 24.7. The third-order valence-corrected chi connectivity index (χ3v) is 7.90. The minimum absolute atomic E-state index is 0.0141. The summed E-state index contributed by atoms with van der Waals surface area (Å²) >= 11 is 2.61. The van der Waals surface area contributed by atoms with E-state index in [1.54, 1.807) is 6.08 Å². The lowest BCUT2D eigenvalue weighted by atomic mass is 10.0. The lowest BCUT2D eigenvalue weighted by Gasteiger charge is -2.16. The van der Waals surface area contributed by atoms with Gasteiger partial charge in [-0.15, -0.1) is 17.9 Å². The normalized spacial score (nSPS) is 12.1. The van der Waals surface area contributed by atoms with Gasteiger partial charge in [0.05, 0.1) is 18.2 Å². The fourth-order valence-corrected chi connectivity index (χ4v) is 5.82. The number of carbonyl (C=O) groups excluding carboxylic acids is 2. The number of methoxy groups -OCH3 is 1. The van der Waals surface area contributed by atoms with Crippen molar-refractivity contribution in [3.8, 4) is 0 Å². The van der Waals surface area contributed by atoms with Gasteiger partial charge in [0.25, 0.3) is 5.56 Å². The van der Waals surface area contributed by atoms with Gasteiger partial charge in [0.1, 0.15) is 10.9 Å². The highest BCUT2D eigenvalue weighted by molar-refractivity contribution is 7.99. The minimum atomic E-state index is -0.847. The van der Waals surface area contributed by atoms with Crippen molar-refractivity contribution in [2.24, 2.45) is 0 Å². The zero-order valence-electron chi connectivity index (χ0n) is 19.7. The van der Waals surface area contributed by atoms with Gasteiger partial charge in [-0.1, -0.05) is 36.0 Å². The maximum atomic E-state index is 13.1. The Morgan fingerprint density at radius 2 is 2.11 bits per heavy atom. The van der Waals surface area contributed by atoms with Gasteiger partial charge in [0, 0.05) is 34.9 Å². The third kappa shape index (κ3) is 5.03. The van der Waals surface area contributed by atoms with E-state index in [0.29, 0.717) is 15.4 Å². The lowest BCUT2D eigenvalue weighted by Crippen LogP contribution is -2.43. The Hall–Kier alpha value is -3.37. The number of carbonyl (C=O) groups is 2. The van der Waals surface area contributed by atoms with Crippen LogP contribution in [0.3, 0.4) is 0 Å². The molecule has 35 heavy (non-hydrogen) atoms. The molecule has 4 rings (SSSR count). The Morgan fingerprint density at radius 3 is 2.86 bits per heavy atom. The summed E-state index contributed by atoms with van der Waals surface area (Å²) in [6, 6.07) is 6.91. The van der Waals surface area contributed by atoms with Crippen LogP contribution in [-0.2, 0) is 27.3 Å². The number of ether oxygens (including phenoxy) is 1. The average Bonchev–Trinajstić information content (AvgIpc) is 3.39. The monoisotopic (exact) mass is 510 g/mol. The predicted octanol–water partition coefficient (Wildman–Crippen LogP) is 3.73. The van der Waals surface area contributed by atoms with Gasteiger partial charge in [-0.05, 0) is 31.0 Å². The molecule has 1 atom stereocenters. The number of allylic oxidation sites excluding steroid dienone is 1. The predicted molar refractivity (Wildman–Crippen MR) is 140 cm³/mol. The number of aromatic amines is 1. The van der Waals surface area contributed by atoms with E-state index in [0.717, 1.165) is 38.7 Å². The van der Waals surface area contributed by atoms with Gasteiger partial charge >= 0.3 is 5.97 Å². The van der Waals surface area contributed by atoms with Crippen molar-refractivity contribution in [2.45, 2.75) is 38.0 Å². The number of nitrogens with one attached hydrogen (secondary N) is 2. The van der Waals surface area contributed by atoms with E-state index < -0.39 is 12.0 Å². The molecule has 0 spiro atoms. The highest BCUT2D eigenvalue weighted by atomic mass is 32.2. The van der Waals surface area contributed by atoms with E-state index >= 15 is 0 Å². The molecule has 0 saturated heterocycles. The standard InChI is InChI=1S/C25H26N4O4S2/c1-5-10-29-23(31)21-14(2)15(3)35-22(21)28-25(29)34-13-20(30)27-19(24(32)33-4)11-16-12-26-18-9-7-6-8-17(16)18/h5-9,12,19,26H,1,10-11,13H2,2-4H3,(H,27,30)/t19-/m0/s1. The number of H-pyrrole nitrogens is 1. The molecule has 0 bridgehead atoms. The van der Waals surface area contributed by atoms with Gasteiger partial charge < -0.3 is 15.0 Å². The highest BCUT2D eigenvalue weighted by Crippen LogP contribution is 2.28. The second kappa shape index (κ2) is 10.5. The maximum absolute atomic E-state index is 13.1. The summed E-state index contributed by atoms with van der Waals surface area (Å²) in [4.78, 5) is 47.9. The van der Waals surface area contributed by atoms with Crippen molar-refractivity contribution in [2.75, 3.05) is 12.9 Å². The molecule has 3 heterocycles. The highest BCUT2D eigenvalue weighted by Gasteiger charge is 2.24. The summed E-state index contributed by atoms with van der Waals surface area (Å²) < 4.78 is 6.45. The number of nitrogens with zero attached hydrogens (tertiary/aromatic N) is 2. The number of rotatable bonds is 9. The molecule has 4 aromatic rings. The molecule has 0 radical (unpaired) electrons. The van der Waals surface area contributed by atoms with Crippen LogP contribution in [0, 0.1) is 13.8 Å². The molecule has 182 valence electrons. The van der Waals surface area contributed by atoms with E-state index in [-0.39, 0.29) is 30.2 Å². The number of thiophene rings is 1. The molecule has 0 saturated carbocycles. The second-order valence-electron chi connectivity index (χ2n) is 8.06. The number of aryl methyl sites for hydroxylation is 2. The molecule has 3 aromatic heterocycles. The Labute approximate surface area is 210 Å². The number of fused-ring (bicyclic) bond motifs is 2. The first-order valence-electron chi connectivity index (χ1n) is 11.0. The number of esters is 1. The minimum Gasteiger partial charge on any atom is -0.467 e. The van der Waals surface area contributed by atoms with Crippen molar-refractivity contribution < 1.29 is 14.3 Å². The first-order chi connectivity index (χ1) is 16.8. The van der Waals surface area contributed by atoms with E-state index in [9.17, 15) is 14.4 Å². The van der Waals surface area contributed by atoms with Crippen molar-refractivity contribution in [1.29, 1.82) is 0 Å². The smallest absolute Gasteiger partial charge is 0.328 e. The quantitative estimate of drug-likeness (QED) is 0.154. The van der Waals surface area contributed by atoms with Crippen molar-refractivity contribution in [3.63, 3.8) is 0 Å². The van der Waals surface area contributed by atoms with E-state index in [4.69, 9.17) is 4.74 Å². The Morgan fingerprint density at radius 1 is 1.34 bits per heavy atom. The van der Waals surface area contributed by atoms with Crippen LogP contribution < -0.4 is 10.9 Å². The van der Waals surface area contributed by atoms with Crippen LogP contribution in [0.4, 0.5) is 0 Å². The van der Waals surface area contributed by atoms with Crippen molar-refractivity contribution >= 4 is 56.1 Å². The Bertz CT molecular complexity index is 1480. The number of benzene rings is 1. The summed E-state index contributed by atoms with van der Waals surface area (Å²) in [5.41, 5.74) is 2.63. The van der Waals surface area contributed by atoms with Gasteiger partial charge in [0.15, 0.2) is 5.16 Å². The van der Waals surface area contributed by atoms with Crippen LogP contribution in [0.25, 0.3) is 21.1 Å². The molecule has 10 heteroatoms. The zero-order valence-corrected chi connectivity index (χ0v) is 21.3. The van der Waals surface area contributed by atoms with E-state index in [1.165, 1.54) is 23.0 Å². The van der Waals surface area contributed by atoms with Crippen molar-refractivity contribution in [3.05, 3.63) is 69.5 Å². The van der Waals surface area contributed by atoms with Gasteiger partial charge in [-0.25, -0.2) is 9.78 Å². The number of amides is 1. The Kier molecular flexibility index (Phi) is 7.42. The molecular formula is C25H26N4O4S2. The van der Waals surface area contributed by atoms with E-state index in [1.807, 2.05) is 44.3 Å². The van der Waals surface area contributed by atoms with Crippen LogP contribution in [-0.4, -0.2) is 45.3 Å².